The highest BCUT2D eigenvalue weighted by Gasteiger charge is 2.22. The summed E-state index contributed by atoms with van der Waals surface area (Å²) in [5, 5.41) is 13.2. The van der Waals surface area contributed by atoms with Crippen molar-refractivity contribution in [3.63, 3.8) is 0 Å². The predicted octanol–water partition coefficient (Wildman–Crippen LogP) is 2.91. The summed E-state index contributed by atoms with van der Waals surface area (Å²) >= 11 is 0. The Kier molecular flexibility index (Phi) is 4.91. The van der Waals surface area contributed by atoms with Crippen molar-refractivity contribution in [2.75, 3.05) is 13.2 Å². The van der Waals surface area contributed by atoms with E-state index in [1.165, 1.54) is 24.3 Å². The number of amides is 1. The van der Waals surface area contributed by atoms with Crippen LogP contribution < -0.4 is 9.88 Å². The normalized spacial score (nSPS) is 14.0. The molecule has 9 heteroatoms. The maximum atomic E-state index is 13.1. The minimum absolute atomic E-state index is 0.0301. The highest BCUT2D eigenvalue weighted by molar-refractivity contribution is 7.89. The lowest BCUT2D eigenvalue weighted by molar-refractivity contribution is 0.0733. The lowest BCUT2D eigenvalue weighted by atomic mass is 10.0. The van der Waals surface area contributed by atoms with E-state index in [0.29, 0.717) is 25.3 Å². The fourth-order valence-corrected chi connectivity index (χ4v) is 4.35. The molecule has 2 heterocycles. The topological polar surface area (TPSA) is 118 Å². The highest BCUT2D eigenvalue weighted by atomic mass is 32.2. The molecule has 0 saturated heterocycles. The van der Waals surface area contributed by atoms with E-state index in [-0.39, 0.29) is 10.8 Å². The molecular weight excluding hydrogens is 428 g/mol. The van der Waals surface area contributed by atoms with Crippen LogP contribution >= 0.6 is 0 Å². The number of ether oxygens (including phenoxy) is 1. The number of nitrogens with one attached hydrogen (secondary N) is 1. The Balaban J connectivity index is 1.43. The highest BCUT2D eigenvalue weighted by Crippen LogP contribution is 2.31. The van der Waals surface area contributed by atoms with E-state index >= 15 is 0 Å². The molecule has 1 aromatic heterocycles. The van der Waals surface area contributed by atoms with Gasteiger partial charge in [-0.15, -0.1) is 0 Å². The maximum absolute atomic E-state index is 13.1. The van der Waals surface area contributed by atoms with Gasteiger partial charge in [0.15, 0.2) is 0 Å². The van der Waals surface area contributed by atoms with E-state index in [9.17, 15) is 13.2 Å². The van der Waals surface area contributed by atoms with Crippen LogP contribution in [0.2, 0.25) is 0 Å². The SMILES string of the molecule is NS(=O)(=O)c1ccc(C(=O)N2CCOc3ccc(-c4ccc5cn[nH]c5c4)cc3C2)cc1. The Hall–Kier alpha value is -3.69. The number of H-pyrrole nitrogens is 1. The number of fused-ring (bicyclic) bond motifs is 2. The zero-order valence-electron chi connectivity index (χ0n) is 17.0. The minimum atomic E-state index is -3.81. The smallest absolute Gasteiger partial charge is 0.254 e. The van der Waals surface area contributed by atoms with E-state index in [0.717, 1.165) is 33.3 Å². The summed E-state index contributed by atoms with van der Waals surface area (Å²) in [7, 11) is -3.81. The maximum Gasteiger partial charge on any atom is 0.254 e. The second-order valence-corrected chi connectivity index (χ2v) is 9.20. The number of hydrogen-bond donors (Lipinski definition) is 2. The summed E-state index contributed by atoms with van der Waals surface area (Å²) < 4.78 is 28.8. The van der Waals surface area contributed by atoms with Crippen molar-refractivity contribution in [3.8, 4) is 16.9 Å². The first-order valence-electron chi connectivity index (χ1n) is 10.00. The average Bonchev–Trinajstić information content (AvgIpc) is 3.15. The molecule has 162 valence electrons. The fourth-order valence-electron chi connectivity index (χ4n) is 3.83. The molecule has 32 heavy (non-hydrogen) atoms. The minimum Gasteiger partial charge on any atom is -0.491 e. The van der Waals surface area contributed by atoms with Crippen LogP contribution in [0.3, 0.4) is 0 Å². The number of aromatic nitrogens is 2. The first kappa shape index (κ1) is 20.2. The number of nitrogens with two attached hydrogens (primary N) is 1. The van der Waals surface area contributed by atoms with E-state index in [4.69, 9.17) is 9.88 Å². The zero-order valence-corrected chi connectivity index (χ0v) is 17.8. The summed E-state index contributed by atoms with van der Waals surface area (Å²) in [4.78, 5) is 14.7. The second-order valence-electron chi connectivity index (χ2n) is 7.64. The van der Waals surface area contributed by atoms with Crippen LogP contribution in [0.25, 0.3) is 22.0 Å². The van der Waals surface area contributed by atoms with Crippen LogP contribution in [-0.4, -0.2) is 42.6 Å². The molecule has 5 rings (SSSR count). The molecule has 1 aliphatic rings. The number of nitrogens with zero attached hydrogens (tertiary/aromatic N) is 2. The third-order valence-electron chi connectivity index (χ3n) is 5.53. The molecule has 3 N–H and O–H groups in total. The zero-order chi connectivity index (χ0) is 22.3. The van der Waals surface area contributed by atoms with E-state index < -0.39 is 10.0 Å². The molecule has 8 nitrogen and oxygen atoms in total. The van der Waals surface area contributed by atoms with Gasteiger partial charge in [-0.3, -0.25) is 9.89 Å². The molecule has 0 saturated carbocycles. The first-order chi connectivity index (χ1) is 15.4. The summed E-state index contributed by atoms with van der Waals surface area (Å²) in [6.07, 6.45) is 1.78. The van der Waals surface area contributed by atoms with E-state index in [1.54, 1.807) is 11.1 Å². The van der Waals surface area contributed by atoms with Gasteiger partial charge in [0, 0.05) is 23.1 Å². The van der Waals surface area contributed by atoms with Gasteiger partial charge in [-0.25, -0.2) is 13.6 Å². The predicted molar refractivity (Wildman–Crippen MR) is 120 cm³/mol. The monoisotopic (exact) mass is 448 g/mol. The van der Waals surface area contributed by atoms with Gasteiger partial charge < -0.3 is 9.64 Å². The van der Waals surface area contributed by atoms with Crippen molar-refractivity contribution in [2.45, 2.75) is 11.4 Å². The average molecular weight is 449 g/mol. The molecular formula is C23H20N4O4S. The lowest BCUT2D eigenvalue weighted by Gasteiger charge is -2.20. The number of sulfonamides is 1. The van der Waals surface area contributed by atoms with Crippen molar-refractivity contribution in [3.05, 3.63) is 78.0 Å². The van der Waals surface area contributed by atoms with Gasteiger partial charge in [-0.05, 0) is 53.6 Å². The van der Waals surface area contributed by atoms with Crippen LogP contribution in [0, 0.1) is 0 Å². The quantitative estimate of drug-likeness (QED) is 0.500. The van der Waals surface area contributed by atoms with Gasteiger partial charge in [0.05, 0.1) is 23.2 Å². The largest absolute Gasteiger partial charge is 0.491 e. The number of carbonyl (C=O) groups excluding carboxylic acids is 1. The van der Waals surface area contributed by atoms with Gasteiger partial charge in [0.2, 0.25) is 10.0 Å². The molecule has 0 radical (unpaired) electrons. The first-order valence-corrected chi connectivity index (χ1v) is 11.5. The van der Waals surface area contributed by atoms with Crippen LogP contribution in [0.4, 0.5) is 0 Å². The number of aromatic amines is 1. The third-order valence-corrected chi connectivity index (χ3v) is 6.46. The van der Waals surface area contributed by atoms with Gasteiger partial charge in [-0.1, -0.05) is 18.2 Å². The van der Waals surface area contributed by atoms with E-state index in [1.807, 2.05) is 36.4 Å². The Morgan fingerprint density at radius 2 is 1.78 bits per heavy atom. The Bertz CT molecular complexity index is 1430. The van der Waals surface area contributed by atoms with E-state index in [2.05, 4.69) is 10.2 Å². The van der Waals surface area contributed by atoms with Gasteiger partial charge >= 0.3 is 0 Å². The number of primary sulfonamides is 1. The van der Waals surface area contributed by atoms with Gasteiger partial charge in [0.25, 0.3) is 5.91 Å². The number of carbonyl (C=O) groups is 1. The number of hydrogen-bond acceptors (Lipinski definition) is 5. The Morgan fingerprint density at radius 3 is 2.56 bits per heavy atom. The molecule has 0 atom stereocenters. The molecule has 4 aromatic rings. The molecule has 0 fully saturated rings. The van der Waals surface area contributed by atoms with Gasteiger partial charge in [-0.2, -0.15) is 5.10 Å². The van der Waals surface area contributed by atoms with Crippen LogP contribution in [-0.2, 0) is 16.6 Å². The van der Waals surface area contributed by atoms with Crippen LogP contribution in [0.1, 0.15) is 15.9 Å². The molecule has 0 spiro atoms. The van der Waals surface area contributed by atoms with Crippen molar-refractivity contribution in [1.29, 1.82) is 0 Å². The lowest BCUT2D eigenvalue weighted by Crippen LogP contribution is -2.32. The Labute approximate surface area is 184 Å². The molecule has 0 bridgehead atoms. The van der Waals surface area contributed by atoms with Gasteiger partial charge in [0.1, 0.15) is 12.4 Å². The molecule has 3 aromatic carbocycles. The van der Waals surface area contributed by atoms with Crippen molar-refractivity contribution in [1.82, 2.24) is 15.1 Å². The molecule has 1 amide bonds. The molecule has 1 aliphatic heterocycles. The number of benzene rings is 3. The molecule has 0 aliphatic carbocycles. The summed E-state index contributed by atoms with van der Waals surface area (Å²) in [5.41, 5.74) is 4.29. The summed E-state index contributed by atoms with van der Waals surface area (Å²) in [5.74, 6) is 0.544. The van der Waals surface area contributed by atoms with Crippen LogP contribution in [0.5, 0.6) is 5.75 Å². The molecule has 0 unspecified atom stereocenters. The Morgan fingerprint density at radius 1 is 1.03 bits per heavy atom. The summed E-state index contributed by atoms with van der Waals surface area (Å²) in [6, 6.07) is 17.7. The van der Waals surface area contributed by atoms with Crippen molar-refractivity contribution < 1.29 is 17.9 Å². The second kappa shape index (κ2) is 7.77. The fraction of sp³-hybridized carbons (Fsp3) is 0.130. The van der Waals surface area contributed by atoms with Crippen molar-refractivity contribution >= 4 is 26.8 Å². The number of rotatable bonds is 3. The summed E-state index contributed by atoms with van der Waals surface area (Å²) in [6.45, 7) is 1.17. The van der Waals surface area contributed by atoms with Crippen molar-refractivity contribution in [2.24, 2.45) is 5.14 Å². The third kappa shape index (κ3) is 3.83. The van der Waals surface area contributed by atoms with Crippen LogP contribution in [0.15, 0.2) is 71.8 Å². The standard InChI is InChI=1S/C23H20N4O4S/c24-32(29,30)20-6-3-15(4-7-20)23(28)27-9-10-31-22-8-5-16(11-19(22)14-27)17-1-2-18-13-25-26-21(18)12-17/h1-8,11-13H,9-10,14H2,(H,25,26)(H2,24,29,30).